The summed E-state index contributed by atoms with van der Waals surface area (Å²) in [6.45, 7) is 0.498. The number of carbonyl (C=O) groups is 3. The van der Waals surface area contributed by atoms with Crippen LogP contribution in [0, 0.1) is 5.82 Å². The van der Waals surface area contributed by atoms with E-state index in [-0.39, 0.29) is 24.6 Å². The number of aliphatic hydroxyl groups is 1. The van der Waals surface area contributed by atoms with E-state index in [4.69, 9.17) is 11.6 Å². The third-order valence-corrected chi connectivity index (χ3v) is 6.04. The molecule has 0 radical (unpaired) electrons. The standard InChI is InChI=1S/C23H24ClFN4O4/c24-14-4-6-15(7-5-14)26-23(33)29-13-17(30)12-20(29)22(32)27-19-9-8-16(11-18(19)25)28-10-2-1-3-21(28)31/h4-9,11,17,20,30H,1-3,10,12-13H2,(H,26,33)(H,27,32). The molecule has 2 aliphatic heterocycles. The van der Waals surface area contributed by atoms with Crippen molar-refractivity contribution in [3.8, 4) is 0 Å². The number of carbonyl (C=O) groups excluding carboxylic acids is 3. The Morgan fingerprint density at radius 2 is 1.85 bits per heavy atom. The number of nitrogens with zero attached hydrogens (tertiary/aromatic N) is 2. The number of hydrogen-bond acceptors (Lipinski definition) is 4. The van der Waals surface area contributed by atoms with E-state index in [0.717, 1.165) is 12.8 Å². The number of β-amino-alcohol motifs (C(OH)–C–C–N with tert-alkyl or cyclic N) is 1. The lowest BCUT2D eigenvalue weighted by Gasteiger charge is -2.27. The van der Waals surface area contributed by atoms with Crippen LogP contribution in [-0.2, 0) is 9.59 Å². The monoisotopic (exact) mass is 474 g/mol. The van der Waals surface area contributed by atoms with Crippen molar-refractivity contribution >= 4 is 46.5 Å². The molecule has 2 fully saturated rings. The molecule has 33 heavy (non-hydrogen) atoms. The van der Waals surface area contributed by atoms with E-state index in [1.807, 2.05) is 0 Å². The lowest BCUT2D eigenvalue weighted by Crippen LogP contribution is -2.45. The molecule has 0 bridgehead atoms. The van der Waals surface area contributed by atoms with Crippen LogP contribution in [0.3, 0.4) is 0 Å². The van der Waals surface area contributed by atoms with E-state index in [1.54, 1.807) is 30.3 Å². The number of amides is 4. The van der Waals surface area contributed by atoms with Crippen molar-refractivity contribution in [3.63, 3.8) is 0 Å². The van der Waals surface area contributed by atoms with Gasteiger partial charge in [-0.15, -0.1) is 0 Å². The lowest BCUT2D eigenvalue weighted by atomic mass is 10.1. The first-order valence-corrected chi connectivity index (χ1v) is 11.1. The number of likely N-dealkylation sites (tertiary alicyclic amines) is 1. The van der Waals surface area contributed by atoms with Crippen LogP contribution in [0.25, 0.3) is 0 Å². The molecule has 8 nitrogen and oxygen atoms in total. The highest BCUT2D eigenvalue weighted by Crippen LogP contribution is 2.27. The van der Waals surface area contributed by atoms with Gasteiger partial charge in [0.05, 0.1) is 11.8 Å². The summed E-state index contributed by atoms with van der Waals surface area (Å²) >= 11 is 5.85. The van der Waals surface area contributed by atoms with Gasteiger partial charge in [-0.3, -0.25) is 9.59 Å². The van der Waals surface area contributed by atoms with Gasteiger partial charge < -0.3 is 25.5 Å². The van der Waals surface area contributed by atoms with Crippen LogP contribution in [0.5, 0.6) is 0 Å². The number of nitrogens with one attached hydrogen (secondary N) is 2. The number of hydrogen-bond donors (Lipinski definition) is 3. The second kappa shape index (κ2) is 9.76. The van der Waals surface area contributed by atoms with Crippen LogP contribution in [0.15, 0.2) is 42.5 Å². The van der Waals surface area contributed by atoms with Gasteiger partial charge in [-0.25, -0.2) is 9.18 Å². The molecule has 2 heterocycles. The van der Waals surface area contributed by atoms with Crippen LogP contribution >= 0.6 is 11.6 Å². The summed E-state index contributed by atoms with van der Waals surface area (Å²) in [7, 11) is 0. The SMILES string of the molecule is O=C(Nc1ccc(N2CCCCC2=O)cc1F)C1CC(O)CN1C(=O)Nc1ccc(Cl)cc1. The fourth-order valence-electron chi connectivity index (χ4n) is 4.08. The molecule has 4 rings (SSSR count). The molecule has 0 aromatic heterocycles. The van der Waals surface area contributed by atoms with Crippen LogP contribution in [0.2, 0.25) is 5.02 Å². The predicted octanol–water partition coefficient (Wildman–Crippen LogP) is 3.60. The molecule has 4 amide bonds. The molecule has 2 unspecified atom stereocenters. The van der Waals surface area contributed by atoms with Gasteiger partial charge in [0.2, 0.25) is 11.8 Å². The molecular formula is C23H24ClFN4O4. The summed E-state index contributed by atoms with van der Waals surface area (Å²) in [4.78, 5) is 40.4. The van der Waals surface area contributed by atoms with E-state index in [0.29, 0.717) is 29.4 Å². The maximum absolute atomic E-state index is 14.7. The largest absolute Gasteiger partial charge is 0.391 e. The molecule has 174 valence electrons. The number of anilines is 3. The average Bonchev–Trinajstić information content (AvgIpc) is 3.19. The van der Waals surface area contributed by atoms with E-state index in [1.165, 1.54) is 21.9 Å². The van der Waals surface area contributed by atoms with Crippen molar-refractivity contribution < 1.29 is 23.9 Å². The Bertz CT molecular complexity index is 1060. The third-order valence-electron chi connectivity index (χ3n) is 5.78. The van der Waals surface area contributed by atoms with Crippen molar-refractivity contribution in [1.29, 1.82) is 0 Å². The van der Waals surface area contributed by atoms with E-state index in [2.05, 4.69) is 10.6 Å². The van der Waals surface area contributed by atoms with Crippen molar-refractivity contribution in [3.05, 3.63) is 53.3 Å². The topological polar surface area (TPSA) is 102 Å². The smallest absolute Gasteiger partial charge is 0.322 e. The first kappa shape index (κ1) is 23.0. The van der Waals surface area contributed by atoms with Gasteiger partial charge in [0.15, 0.2) is 0 Å². The minimum atomic E-state index is -0.977. The molecule has 2 aromatic carbocycles. The Morgan fingerprint density at radius 3 is 2.55 bits per heavy atom. The normalized spacial score (nSPS) is 20.6. The molecule has 3 N–H and O–H groups in total. The van der Waals surface area contributed by atoms with Crippen LogP contribution in [0.1, 0.15) is 25.7 Å². The molecule has 2 atom stereocenters. The summed E-state index contributed by atoms with van der Waals surface area (Å²) in [5.74, 6) is -1.35. The molecule has 0 saturated carbocycles. The molecule has 2 aliphatic rings. The summed E-state index contributed by atoms with van der Waals surface area (Å²) < 4.78 is 14.7. The Morgan fingerprint density at radius 1 is 1.09 bits per heavy atom. The molecule has 0 aliphatic carbocycles. The zero-order chi connectivity index (χ0) is 23.5. The average molecular weight is 475 g/mol. The third kappa shape index (κ3) is 5.26. The van der Waals surface area contributed by atoms with Gasteiger partial charge in [-0.2, -0.15) is 0 Å². The summed E-state index contributed by atoms with van der Waals surface area (Å²) in [6.07, 6.45) is 1.25. The van der Waals surface area contributed by atoms with Gasteiger partial charge in [0.1, 0.15) is 11.9 Å². The maximum Gasteiger partial charge on any atom is 0.322 e. The van der Waals surface area contributed by atoms with Gasteiger partial charge >= 0.3 is 6.03 Å². The highest BCUT2D eigenvalue weighted by atomic mass is 35.5. The predicted molar refractivity (Wildman–Crippen MR) is 123 cm³/mol. The zero-order valence-corrected chi connectivity index (χ0v) is 18.5. The number of halogens is 2. The Hall–Kier alpha value is -3.17. The van der Waals surface area contributed by atoms with E-state index >= 15 is 0 Å². The summed E-state index contributed by atoms with van der Waals surface area (Å²) in [5.41, 5.74) is 0.863. The van der Waals surface area contributed by atoms with Crippen molar-refractivity contribution in [2.24, 2.45) is 0 Å². The lowest BCUT2D eigenvalue weighted by molar-refractivity contribution is -0.120. The molecule has 0 spiro atoms. The fourth-order valence-corrected chi connectivity index (χ4v) is 4.21. The van der Waals surface area contributed by atoms with Gasteiger partial charge in [-0.05, 0) is 55.3 Å². The fraction of sp³-hybridized carbons (Fsp3) is 0.348. The first-order chi connectivity index (χ1) is 15.8. The summed E-state index contributed by atoms with van der Waals surface area (Å²) in [6, 6.07) is 9.12. The Labute approximate surface area is 195 Å². The first-order valence-electron chi connectivity index (χ1n) is 10.7. The zero-order valence-electron chi connectivity index (χ0n) is 17.8. The quantitative estimate of drug-likeness (QED) is 0.630. The number of urea groups is 1. The molecule has 10 heteroatoms. The minimum Gasteiger partial charge on any atom is -0.391 e. The summed E-state index contributed by atoms with van der Waals surface area (Å²) in [5, 5.41) is 15.7. The minimum absolute atomic E-state index is 0.0296. The molecule has 2 aromatic rings. The molecule has 2 saturated heterocycles. The van der Waals surface area contributed by atoms with Crippen molar-refractivity contribution in [2.45, 2.75) is 37.8 Å². The van der Waals surface area contributed by atoms with Gasteiger partial charge in [0, 0.05) is 42.3 Å². The second-order valence-electron chi connectivity index (χ2n) is 8.15. The number of aliphatic hydroxyl groups excluding tert-OH is 1. The number of rotatable bonds is 4. The van der Waals surface area contributed by atoms with Crippen molar-refractivity contribution in [2.75, 3.05) is 28.6 Å². The van der Waals surface area contributed by atoms with Crippen LogP contribution in [-0.4, -0.2) is 53.1 Å². The number of piperidine rings is 1. The highest BCUT2D eigenvalue weighted by Gasteiger charge is 2.39. The Balaban J connectivity index is 1.44. The van der Waals surface area contributed by atoms with Crippen LogP contribution in [0.4, 0.5) is 26.2 Å². The highest BCUT2D eigenvalue weighted by molar-refractivity contribution is 6.30. The van der Waals surface area contributed by atoms with E-state index in [9.17, 15) is 23.9 Å². The van der Waals surface area contributed by atoms with E-state index < -0.39 is 29.9 Å². The maximum atomic E-state index is 14.7. The molecular weight excluding hydrogens is 451 g/mol. The van der Waals surface area contributed by atoms with Crippen molar-refractivity contribution in [1.82, 2.24) is 4.90 Å². The second-order valence-corrected chi connectivity index (χ2v) is 8.59. The number of benzene rings is 2. The Kier molecular flexibility index (Phi) is 6.80. The van der Waals surface area contributed by atoms with Gasteiger partial charge in [-0.1, -0.05) is 11.6 Å². The van der Waals surface area contributed by atoms with Gasteiger partial charge in [0.25, 0.3) is 0 Å². The van der Waals surface area contributed by atoms with Crippen LogP contribution < -0.4 is 15.5 Å².